The third-order valence-corrected chi connectivity index (χ3v) is 3.03. The number of anilines is 1. The van der Waals surface area contributed by atoms with Gasteiger partial charge < -0.3 is 4.90 Å². The Morgan fingerprint density at radius 2 is 1.93 bits per heavy atom. The van der Waals surface area contributed by atoms with Crippen molar-refractivity contribution in [3.05, 3.63) is 29.3 Å². The van der Waals surface area contributed by atoms with E-state index in [0.717, 1.165) is 16.8 Å². The second-order valence-electron chi connectivity index (χ2n) is 3.71. The molecule has 0 unspecified atom stereocenters. The zero-order valence-corrected chi connectivity index (χ0v) is 10.6. The molecule has 0 aliphatic heterocycles. The monoisotopic (exact) mass is 247 g/mol. The highest BCUT2D eigenvalue weighted by molar-refractivity contribution is 8.13. The molecular weight excluding hydrogens is 234 g/mol. The maximum Gasteiger partial charge on any atom is 0.236 e. The summed E-state index contributed by atoms with van der Waals surface area (Å²) in [5.74, 6) is -0.137. The van der Waals surface area contributed by atoms with E-state index in [1.807, 2.05) is 38.1 Å². The molecule has 0 amide bonds. The Hall–Kier alpha value is -0.740. The number of rotatable bonds is 3. The molecule has 84 valence electrons. The summed E-state index contributed by atoms with van der Waals surface area (Å²) in [4.78, 5) is 1.88. The van der Waals surface area contributed by atoms with Gasteiger partial charge in [0.2, 0.25) is 9.05 Å². The molecule has 0 N–H and O–H groups in total. The van der Waals surface area contributed by atoms with Crippen molar-refractivity contribution in [1.82, 2.24) is 0 Å². The van der Waals surface area contributed by atoms with Crippen molar-refractivity contribution in [2.24, 2.45) is 0 Å². The molecule has 0 radical (unpaired) electrons. The third-order valence-electron chi connectivity index (χ3n) is 2.05. The summed E-state index contributed by atoms with van der Waals surface area (Å²) >= 11 is 0. The van der Waals surface area contributed by atoms with Gasteiger partial charge in [-0.05, 0) is 24.1 Å². The van der Waals surface area contributed by atoms with E-state index in [1.54, 1.807) is 6.07 Å². The second-order valence-corrected chi connectivity index (χ2v) is 6.49. The minimum absolute atomic E-state index is 0.137. The first-order valence-corrected chi connectivity index (χ1v) is 6.96. The van der Waals surface area contributed by atoms with Crippen molar-refractivity contribution in [3.63, 3.8) is 0 Å². The van der Waals surface area contributed by atoms with Gasteiger partial charge in [-0.2, -0.15) is 0 Å². The van der Waals surface area contributed by atoms with Gasteiger partial charge in [0.25, 0.3) is 0 Å². The summed E-state index contributed by atoms with van der Waals surface area (Å²) in [6.07, 6.45) is 0. The van der Waals surface area contributed by atoms with Crippen molar-refractivity contribution in [2.75, 3.05) is 19.0 Å². The Morgan fingerprint density at radius 1 is 1.33 bits per heavy atom. The Bertz CT molecular complexity index is 454. The van der Waals surface area contributed by atoms with E-state index in [9.17, 15) is 8.42 Å². The number of nitrogens with zero attached hydrogens (tertiary/aromatic N) is 1. The Labute approximate surface area is 95.1 Å². The lowest BCUT2D eigenvalue weighted by molar-refractivity contribution is 0.609. The van der Waals surface area contributed by atoms with Gasteiger partial charge in [-0.15, -0.1) is 0 Å². The fourth-order valence-corrected chi connectivity index (χ4v) is 2.37. The lowest BCUT2D eigenvalue weighted by Crippen LogP contribution is -2.12. The fraction of sp³-hybridized carbons (Fsp3) is 0.400. The van der Waals surface area contributed by atoms with Gasteiger partial charge >= 0.3 is 0 Å². The van der Waals surface area contributed by atoms with Crippen LogP contribution in [0.2, 0.25) is 0 Å². The van der Waals surface area contributed by atoms with Crippen molar-refractivity contribution in [1.29, 1.82) is 0 Å². The smallest absolute Gasteiger partial charge is 0.236 e. The largest absolute Gasteiger partial charge is 0.377 e. The summed E-state index contributed by atoms with van der Waals surface area (Å²) in [7, 11) is 5.49. The maximum atomic E-state index is 11.0. The van der Waals surface area contributed by atoms with Gasteiger partial charge in [0.15, 0.2) is 0 Å². The van der Waals surface area contributed by atoms with E-state index >= 15 is 0 Å². The van der Waals surface area contributed by atoms with E-state index in [0.29, 0.717) is 0 Å². The average molecular weight is 248 g/mol. The van der Waals surface area contributed by atoms with Crippen LogP contribution in [0, 0.1) is 6.92 Å². The molecule has 0 spiro atoms. The Kier molecular flexibility index (Phi) is 3.62. The standard InChI is InChI=1S/C10H14ClNO2S/c1-8-4-5-9(7-15(11,13)14)10(6-8)12(2)3/h4-6H,7H2,1-3H3. The highest BCUT2D eigenvalue weighted by Crippen LogP contribution is 2.23. The number of aryl methyl sites for hydroxylation is 1. The lowest BCUT2D eigenvalue weighted by atomic mass is 10.1. The molecule has 1 rings (SSSR count). The highest BCUT2D eigenvalue weighted by atomic mass is 35.7. The number of hydrogen-bond acceptors (Lipinski definition) is 3. The molecule has 0 bridgehead atoms. The van der Waals surface area contributed by atoms with Crippen LogP contribution in [0.25, 0.3) is 0 Å². The van der Waals surface area contributed by atoms with E-state index in [4.69, 9.17) is 10.7 Å². The quantitative estimate of drug-likeness (QED) is 0.768. The SMILES string of the molecule is Cc1ccc(CS(=O)(=O)Cl)c(N(C)C)c1. The van der Waals surface area contributed by atoms with Gasteiger partial charge in [-0.3, -0.25) is 0 Å². The zero-order chi connectivity index (χ0) is 11.6. The van der Waals surface area contributed by atoms with Gasteiger partial charge in [0, 0.05) is 30.5 Å². The second kappa shape index (κ2) is 4.41. The predicted octanol–water partition coefficient (Wildman–Crippen LogP) is 2.13. The summed E-state index contributed by atoms with van der Waals surface area (Å²) in [5, 5.41) is 0. The number of benzene rings is 1. The van der Waals surface area contributed by atoms with Crippen molar-refractivity contribution >= 4 is 25.4 Å². The average Bonchev–Trinajstić information content (AvgIpc) is 2.05. The van der Waals surface area contributed by atoms with Crippen LogP contribution >= 0.6 is 10.7 Å². The molecule has 3 nitrogen and oxygen atoms in total. The molecule has 5 heteroatoms. The third kappa shape index (κ3) is 3.72. The van der Waals surface area contributed by atoms with Gasteiger partial charge in [0.05, 0.1) is 5.75 Å². The van der Waals surface area contributed by atoms with E-state index in [-0.39, 0.29) is 5.75 Å². The molecule has 0 saturated heterocycles. The maximum absolute atomic E-state index is 11.0. The topological polar surface area (TPSA) is 37.4 Å². The minimum Gasteiger partial charge on any atom is -0.377 e. The summed E-state index contributed by atoms with van der Waals surface area (Å²) < 4.78 is 22.0. The molecule has 0 aliphatic rings. The molecule has 0 aromatic heterocycles. The Morgan fingerprint density at radius 3 is 2.40 bits per heavy atom. The number of hydrogen-bond donors (Lipinski definition) is 0. The fourth-order valence-electron chi connectivity index (χ4n) is 1.40. The molecule has 0 heterocycles. The van der Waals surface area contributed by atoms with Crippen LogP contribution in [0.5, 0.6) is 0 Å². The van der Waals surface area contributed by atoms with Crippen molar-refractivity contribution in [2.45, 2.75) is 12.7 Å². The van der Waals surface area contributed by atoms with Gasteiger partial charge in [-0.1, -0.05) is 12.1 Å². The van der Waals surface area contributed by atoms with Crippen LogP contribution in [-0.4, -0.2) is 22.5 Å². The highest BCUT2D eigenvalue weighted by Gasteiger charge is 2.12. The van der Waals surface area contributed by atoms with Crippen LogP contribution in [0.4, 0.5) is 5.69 Å². The first-order valence-electron chi connectivity index (χ1n) is 4.49. The first kappa shape index (κ1) is 12.3. The molecule has 1 aromatic rings. The molecule has 0 saturated carbocycles. The molecule has 15 heavy (non-hydrogen) atoms. The van der Waals surface area contributed by atoms with E-state index in [1.165, 1.54) is 0 Å². The molecular formula is C10H14ClNO2S. The van der Waals surface area contributed by atoms with Gasteiger partial charge in [0.1, 0.15) is 0 Å². The van der Waals surface area contributed by atoms with Crippen LogP contribution in [0.1, 0.15) is 11.1 Å². The van der Waals surface area contributed by atoms with Crippen molar-refractivity contribution in [3.8, 4) is 0 Å². The first-order chi connectivity index (χ1) is 6.79. The molecule has 0 fully saturated rings. The molecule has 1 aromatic carbocycles. The predicted molar refractivity (Wildman–Crippen MR) is 64.0 cm³/mol. The summed E-state index contributed by atoms with van der Waals surface area (Å²) in [6.45, 7) is 1.96. The lowest BCUT2D eigenvalue weighted by Gasteiger charge is -2.17. The number of halogens is 1. The van der Waals surface area contributed by atoms with Crippen LogP contribution in [-0.2, 0) is 14.8 Å². The Balaban J connectivity index is 3.18. The van der Waals surface area contributed by atoms with Crippen LogP contribution in [0.3, 0.4) is 0 Å². The van der Waals surface area contributed by atoms with E-state index < -0.39 is 9.05 Å². The summed E-state index contributed by atoms with van der Waals surface area (Å²) in [6, 6.07) is 5.62. The summed E-state index contributed by atoms with van der Waals surface area (Å²) in [5.41, 5.74) is 2.70. The van der Waals surface area contributed by atoms with Gasteiger partial charge in [-0.25, -0.2) is 8.42 Å². The van der Waals surface area contributed by atoms with Crippen LogP contribution < -0.4 is 4.90 Å². The minimum atomic E-state index is -3.50. The van der Waals surface area contributed by atoms with E-state index in [2.05, 4.69) is 0 Å². The zero-order valence-electron chi connectivity index (χ0n) is 8.99. The normalized spacial score (nSPS) is 11.5. The van der Waals surface area contributed by atoms with Crippen molar-refractivity contribution < 1.29 is 8.42 Å². The van der Waals surface area contributed by atoms with Crippen LogP contribution in [0.15, 0.2) is 18.2 Å². The molecule has 0 atom stereocenters. The molecule has 0 aliphatic carbocycles.